The van der Waals surface area contributed by atoms with Crippen LogP contribution in [0.4, 0.5) is 5.95 Å². The van der Waals surface area contributed by atoms with E-state index in [-0.39, 0.29) is 0 Å². The number of hydrogen-bond acceptors (Lipinski definition) is 3. The molecule has 0 aliphatic carbocycles. The van der Waals surface area contributed by atoms with E-state index in [4.69, 9.17) is 23.2 Å². The number of hydrogen-bond donors (Lipinski definition) is 0. The van der Waals surface area contributed by atoms with Crippen molar-refractivity contribution in [2.45, 2.75) is 31.7 Å². The number of rotatable bonds is 3. The smallest absolute Gasteiger partial charge is 0.225 e. The molecule has 16 heavy (non-hydrogen) atoms. The van der Waals surface area contributed by atoms with Gasteiger partial charge in [0.2, 0.25) is 5.95 Å². The van der Waals surface area contributed by atoms with E-state index < -0.39 is 0 Å². The zero-order chi connectivity index (χ0) is 11.4. The van der Waals surface area contributed by atoms with E-state index in [9.17, 15) is 0 Å². The average molecular weight is 260 g/mol. The minimum absolute atomic E-state index is 0.479. The van der Waals surface area contributed by atoms with Gasteiger partial charge in [-0.25, -0.2) is 9.97 Å². The van der Waals surface area contributed by atoms with Crippen LogP contribution in [0.15, 0.2) is 12.4 Å². The highest BCUT2D eigenvalue weighted by atomic mass is 35.5. The van der Waals surface area contributed by atoms with Gasteiger partial charge >= 0.3 is 0 Å². The highest BCUT2D eigenvalue weighted by Crippen LogP contribution is 2.24. The highest BCUT2D eigenvalue weighted by Gasteiger charge is 2.23. The van der Waals surface area contributed by atoms with E-state index in [0.717, 1.165) is 18.9 Å². The fourth-order valence-electron chi connectivity index (χ4n) is 2.14. The number of piperidine rings is 1. The fraction of sp³-hybridized carbons (Fsp3) is 0.636. The molecule has 0 bridgehead atoms. The molecule has 1 fully saturated rings. The van der Waals surface area contributed by atoms with Gasteiger partial charge in [0.15, 0.2) is 0 Å². The van der Waals surface area contributed by atoms with Crippen molar-refractivity contribution in [1.29, 1.82) is 0 Å². The Labute approximate surface area is 106 Å². The van der Waals surface area contributed by atoms with Crippen LogP contribution in [0.1, 0.15) is 25.7 Å². The maximum atomic E-state index is 5.82. The third-order valence-electron chi connectivity index (χ3n) is 2.93. The molecule has 1 aliphatic heterocycles. The lowest BCUT2D eigenvalue weighted by Crippen LogP contribution is -2.40. The summed E-state index contributed by atoms with van der Waals surface area (Å²) in [5.74, 6) is 1.47. The standard InChI is InChI=1S/C11H15Cl2N3/c12-5-4-10-3-1-2-6-16(10)11-14-7-9(13)8-15-11/h7-8,10H,1-6H2. The second kappa shape index (κ2) is 5.69. The van der Waals surface area contributed by atoms with Gasteiger partial charge in [0, 0.05) is 18.5 Å². The van der Waals surface area contributed by atoms with Gasteiger partial charge in [0.05, 0.1) is 17.4 Å². The summed E-state index contributed by atoms with van der Waals surface area (Å²) in [4.78, 5) is 10.8. The zero-order valence-corrected chi connectivity index (χ0v) is 10.6. The fourth-order valence-corrected chi connectivity index (χ4v) is 2.49. The lowest BCUT2D eigenvalue weighted by molar-refractivity contribution is 0.444. The van der Waals surface area contributed by atoms with Crippen molar-refractivity contribution < 1.29 is 0 Å². The second-order valence-electron chi connectivity index (χ2n) is 4.02. The topological polar surface area (TPSA) is 29.0 Å². The van der Waals surface area contributed by atoms with Crippen LogP contribution in [-0.2, 0) is 0 Å². The Bertz CT molecular complexity index is 327. The molecule has 5 heteroatoms. The minimum Gasteiger partial charge on any atom is -0.338 e. The van der Waals surface area contributed by atoms with Crippen LogP contribution in [0.5, 0.6) is 0 Å². The molecule has 0 spiro atoms. The molecule has 0 aromatic carbocycles. The van der Waals surface area contributed by atoms with Gasteiger partial charge in [-0.2, -0.15) is 0 Å². The first kappa shape index (κ1) is 11.9. The summed E-state index contributed by atoms with van der Waals surface area (Å²) in [5.41, 5.74) is 0. The quantitative estimate of drug-likeness (QED) is 0.782. The largest absolute Gasteiger partial charge is 0.338 e. The lowest BCUT2D eigenvalue weighted by Gasteiger charge is -2.35. The van der Waals surface area contributed by atoms with Crippen molar-refractivity contribution in [3.05, 3.63) is 17.4 Å². The van der Waals surface area contributed by atoms with Crippen LogP contribution in [0.2, 0.25) is 5.02 Å². The summed E-state index contributed by atoms with van der Waals surface area (Å²) in [7, 11) is 0. The first-order valence-electron chi connectivity index (χ1n) is 5.61. The van der Waals surface area contributed by atoms with Gasteiger partial charge < -0.3 is 4.90 Å². The number of halogens is 2. The number of aromatic nitrogens is 2. The normalized spacial score (nSPS) is 21.1. The molecule has 1 unspecified atom stereocenters. The van der Waals surface area contributed by atoms with Crippen molar-refractivity contribution in [3.63, 3.8) is 0 Å². The molecule has 2 heterocycles. The Morgan fingerprint density at radius 3 is 2.75 bits per heavy atom. The van der Waals surface area contributed by atoms with Crippen LogP contribution >= 0.6 is 23.2 Å². The first-order valence-corrected chi connectivity index (χ1v) is 6.52. The van der Waals surface area contributed by atoms with Crippen LogP contribution in [-0.4, -0.2) is 28.4 Å². The predicted octanol–water partition coefficient (Wildman–Crippen LogP) is 3.12. The third-order valence-corrected chi connectivity index (χ3v) is 3.35. The van der Waals surface area contributed by atoms with Crippen LogP contribution in [0.3, 0.4) is 0 Å². The van der Waals surface area contributed by atoms with E-state index in [0.29, 0.717) is 16.9 Å². The van der Waals surface area contributed by atoms with E-state index >= 15 is 0 Å². The van der Waals surface area contributed by atoms with Gasteiger partial charge in [0.25, 0.3) is 0 Å². The molecule has 3 nitrogen and oxygen atoms in total. The van der Waals surface area contributed by atoms with Crippen LogP contribution < -0.4 is 4.90 Å². The molecule has 1 aromatic rings. The summed E-state index contributed by atoms with van der Waals surface area (Å²) in [6.45, 7) is 1.02. The van der Waals surface area contributed by atoms with E-state index in [1.165, 1.54) is 19.3 Å². The molecular formula is C11H15Cl2N3. The van der Waals surface area contributed by atoms with Crippen molar-refractivity contribution in [2.75, 3.05) is 17.3 Å². The van der Waals surface area contributed by atoms with Crippen molar-refractivity contribution >= 4 is 29.2 Å². The molecule has 1 aliphatic rings. The predicted molar refractivity (Wildman–Crippen MR) is 67.4 cm³/mol. The second-order valence-corrected chi connectivity index (χ2v) is 4.84. The maximum Gasteiger partial charge on any atom is 0.225 e. The molecule has 0 radical (unpaired) electrons. The Kier molecular flexibility index (Phi) is 4.24. The van der Waals surface area contributed by atoms with Crippen LogP contribution in [0, 0.1) is 0 Å². The molecule has 1 atom stereocenters. The number of anilines is 1. The lowest BCUT2D eigenvalue weighted by atomic mass is 10.0. The molecule has 1 saturated heterocycles. The molecule has 0 amide bonds. The molecule has 88 valence electrons. The summed E-state index contributed by atoms with van der Waals surface area (Å²) in [6.07, 6.45) is 7.94. The minimum atomic E-state index is 0.479. The van der Waals surface area contributed by atoms with Crippen molar-refractivity contribution in [2.24, 2.45) is 0 Å². The average Bonchev–Trinajstić information content (AvgIpc) is 2.32. The molecular weight excluding hydrogens is 245 g/mol. The van der Waals surface area contributed by atoms with Gasteiger partial charge in [-0.3, -0.25) is 0 Å². The SMILES string of the molecule is ClCCC1CCCCN1c1ncc(Cl)cn1. The number of nitrogens with zero attached hydrogens (tertiary/aromatic N) is 3. The molecule has 1 aromatic heterocycles. The van der Waals surface area contributed by atoms with Gasteiger partial charge in [-0.1, -0.05) is 11.6 Å². The van der Waals surface area contributed by atoms with Gasteiger partial charge in [-0.05, 0) is 25.7 Å². The van der Waals surface area contributed by atoms with Crippen molar-refractivity contribution in [3.8, 4) is 0 Å². The first-order chi connectivity index (χ1) is 7.81. The highest BCUT2D eigenvalue weighted by molar-refractivity contribution is 6.30. The monoisotopic (exact) mass is 259 g/mol. The Balaban J connectivity index is 2.13. The Morgan fingerprint density at radius 2 is 2.06 bits per heavy atom. The van der Waals surface area contributed by atoms with E-state index in [2.05, 4.69) is 14.9 Å². The molecule has 2 rings (SSSR count). The summed E-state index contributed by atoms with van der Waals surface area (Å²) < 4.78 is 0. The Morgan fingerprint density at radius 1 is 1.31 bits per heavy atom. The van der Waals surface area contributed by atoms with Gasteiger partial charge in [-0.15, -0.1) is 11.6 Å². The molecule has 0 N–H and O–H groups in total. The van der Waals surface area contributed by atoms with Crippen molar-refractivity contribution in [1.82, 2.24) is 9.97 Å². The van der Waals surface area contributed by atoms with Crippen LogP contribution in [0.25, 0.3) is 0 Å². The summed E-state index contributed by atoms with van der Waals surface area (Å²) in [5, 5.41) is 0.578. The number of alkyl halides is 1. The third kappa shape index (κ3) is 2.77. The zero-order valence-electron chi connectivity index (χ0n) is 9.07. The Hall–Kier alpha value is -0.540. The van der Waals surface area contributed by atoms with E-state index in [1.807, 2.05) is 0 Å². The maximum absolute atomic E-state index is 5.82. The summed E-state index contributed by atoms with van der Waals surface area (Å²) >= 11 is 11.6. The molecule has 0 saturated carbocycles. The van der Waals surface area contributed by atoms with Gasteiger partial charge in [0.1, 0.15) is 0 Å². The van der Waals surface area contributed by atoms with E-state index in [1.54, 1.807) is 12.4 Å². The summed E-state index contributed by atoms with van der Waals surface area (Å²) in [6, 6.07) is 0.479.